The minimum absolute atomic E-state index is 0.0333. The van der Waals surface area contributed by atoms with Gasteiger partial charge in [0.25, 0.3) is 0 Å². The summed E-state index contributed by atoms with van der Waals surface area (Å²) in [6.07, 6.45) is 3.75. The van der Waals surface area contributed by atoms with Gasteiger partial charge < -0.3 is 24.0 Å². The number of para-hydroxylation sites is 1. The van der Waals surface area contributed by atoms with Crippen molar-refractivity contribution in [1.82, 2.24) is 14.5 Å². The molecule has 214 valence electrons. The number of ether oxygens (including phenoxy) is 2. The number of imidazole rings is 1. The number of carboxylic acids is 1. The van der Waals surface area contributed by atoms with E-state index in [2.05, 4.69) is 19.8 Å². The lowest BCUT2D eigenvalue weighted by Crippen LogP contribution is -2.45. The van der Waals surface area contributed by atoms with Crippen molar-refractivity contribution in [2.24, 2.45) is 0 Å². The first kappa shape index (κ1) is 25.9. The number of alkyl halides is 3. The molecule has 2 saturated heterocycles. The second-order valence-electron chi connectivity index (χ2n) is 11.0. The van der Waals surface area contributed by atoms with Gasteiger partial charge in [0.15, 0.2) is 5.69 Å². The van der Waals surface area contributed by atoms with Gasteiger partial charge in [0.1, 0.15) is 22.9 Å². The van der Waals surface area contributed by atoms with Gasteiger partial charge in [-0.15, -0.1) is 13.2 Å². The molecule has 5 heterocycles. The molecule has 1 saturated carbocycles. The maximum Gasteiger partial charge on any atom is 0.573 e. The zero-order valence-electron chi connectivity index (χ0n) is 21.9. The Morgan fingerprint density at radius 2 is 1.85 bits per heavy atom. The molecule has 0 amide bonds. The third-order valence-corrected chi connectivity index (χ3v) is 8.30. The molecule has 1 N–H and O–H groups in total. The van der Waals surface area contributed by atoms with Crippen molar-refractivity contribution in [2.45, 2.75) is 75.6 Å². The first-order valence-electron chi connectivity index (χ1n) is 13.7. The molecule has 7 rings (SSSR count). The number of aromatic nitrogens is 3. The van der Waals surface area contributed by atoms with Crippen molar-refractivity contribution in [2.75, 3.05) is 4.90 Å². The summed E-state index contributed by atoms with van der Waals surface area (Å²) in [5, 5.41) is 13.6. The molecule has 3 aromatic heterocycles. The fourth-order valence-electron chi connectivity index (χ4n) is 6.39. The van der Waals surface area contributed by atoms with Crippen molar-refractivity contribution in [1.29, 1.82) is 0 Å². The van der Waals surface area contributed by atoms with Crippen LogP contribution in [0.1, 0.15) is 66.3 Å². The molecule has 0 spiro atoms. The Hall–Kier alpha value is -4.06. The molecular weight excluding hydrogens is 541 g/mol. The number of halogens is 3. The van der Waals surface area contributed by atoms with Crippen LogP contribution < -0.4 is 9.64 Å². The van der Waals surface area contributed by atoms with E-state index in [9.17, 15) is 23.1 Å². The third-order valence-electron chi connectivity index (χ3n) is 8.30. The number of anilines is 1. The molecule has 2 unspecified atom stereocenters. The average Bonchev–Trinajstić information content (AvgIpc) is 3.44. The van der Waals surface area contributed by atoms with Crippen LogP contribution in [0.15, 0.2) is 53.3 Å². The molecule has 4 aromatic rings. The molecule has 3 atom stereocenters. The lowest BCUT2D eigenvalue weighted by Gasteiger charge is -2.40. The fourth-order valence-corrected chi connectivity index (χ4v) is 6.39. The molecule has 3 aliphatic rings. The van der Waals surface area contributed by atoms with Gasteiger partial charge in [0.05, 0.1) is 18.9 Å². The normalized spacial score (nSPS) is 22.4. The monoisotopic (exact) mass is 568 g/mol. The van der Waals surface area contributed by atoms with Crippen LogP contribution in [0.4, 0.5) is 18.9 Å². The number of pyridine rings is 1. The SMILES string of the molecule is O=C(O)c1cnc2cc(N3C4CC[C@H]3CC(OCc3c(-c5ccccc5OC(F)(F)F)noc3C3CC3)C4)ccn12. The van der Waals surface area contributed by atoms with E-state index < -0.39 is 12.3 Å². The Bertz CT molecular complexity index is 1600. The first-order chi connectivity index (χ1) is 19.7. The van der Waals surface area contributed by atoms with E-state index in [1.807, 2.05) is 12.1 Å². The summed E-state index contributed by atoms with van der Waals surface area (Å²) in [6, 6.07) is 10.3. The summed E-state index contributed by atoms with van der Waals surface area (Å²) in [5.74, 6) is -0.479. The van der Waals surface area contributed by atoms with Gasteiger partial charge in [0, 0.05) is 47.1 Å². The molecule has 1 aliphatic carbocycles. The van der Waals surface area contributed by atoms with E-state index >= 15 is 0 Å². The van der Waals surface area contributed by atoms with E-state index in [0.29, 0.717) is 22.7 Å². The summed E-state index contributed by atoms with van der Waals surface area (Å²) in [4.78, 5) is 18.1. The number of benzene rings is 1. The number of hydrogen-bond donors (Lipinski definition) is 1. The number of carbonyl (C=O) groups is 1. The van der Waals surface area contributed by atoms with E-state index in [1.54, 1.807) is 22.7 Å². The maximum absolute atomic E-state index is 13.1. The van der Waals surface area contributed by atoms with Crippen molar-refractivity contribution in [3.05, 3.63) is 65.8 Å². The summed E-state index contributed by atoms with van der Waals surface area (Å²) < 4.78 is 57.2. The highest BCUT2D eigenvalue weighted by Gasteiger charge is 2.42. The van der Waals surface area contributed by atoms with E-state index in [0.717, 1.165) is 44.2 Å². The summed E-state index contributed by atoms with van der Waals surface area (Å²) in [6.45, 7) is 0.188. The number of hydrogen-bond acceptors (Lipinski definition) is 7. The first-order valence-corrected chi connectivity index (χ1v) is 13.7. The highest BCUT2D eigenvalue weighted by Crippen LogP contribution is 2.46. The Kier molecular flexibility index (Phi) is 6.18. The van der Waals surface area contributed by atoms with Gasteiger partial charge in [0.2, 0.25) is 0 Å². The summed E-state index contributed by atoms with van der Waals surface area (Å²) in [7, 11) is 0. The standard InChI is InChI=1S/C29H27F3N4O5/c30-29(31,32)40-24-4-2-1-3-21(24)26-22(27(41-34-26)16-5-6-16)15-39-20-11-17-7-8-18(12-20)36(17)19-9-10-35-23(28(37)38)14-33-25(35)13-19/h1-4,9-10,13-14,16-18,20H,5-8,11-12,15H2,(H,37,38)/t17-,18?,20?/m0/s1. The quantitative estimate of drug-likeness (QED) is 0.269. The summed E-state index contributed by atoms with van der Waals surface area (Å²) >= 11 is 0. The minimum atomic E-state index is -4.83. The van der Waals surface area contributed by atoms with Gasteiger partial charge in [-0.2, -0.15) is 0 Å². The Morgan fingerprint density at radius 1 is 1.10 bits per heavy atom. The van der Waals surface area contributed by atoms with Crippen LogP contribution in [-0.2, 0) is 11.3 Å². The highest BCUT2D eigenvalue weighted by molar-refractivity contribution is 5.86. The van der Waals surface area contributed by atoms with Crippen molar-refractivity contribution >= 4 is 17.3 Å². The van der Waals surface area contributed by atoms with Crippen LogP contribution in [0.3, 0.4) is 0 Å². The predicted molar refractivity (Wildman–Crippen MR) is 140 cm³/mol. The lowest BCUT2D eigenvalue weighted by molar-refractivity contribution is -0.274. The maximum atomic E-state index is 13.1. The summed E-state index contributed by atoms with van der Waals surface area (Å²) in [5.41, 5.74) is 2.92. The second kappa shape index (κ2) is 9.79. The lowest BCUT2D eigenvalue weighted by atomic mass is 9.98. The van der Waals surface area contributed by atoms with Crippen molar-refractivity contribution < 1.29 is 37.1 Å². The molecule has 2 aliphatic heterocycles. The number of nitrogens with zero attached hydrogens (tertiary/aromatic N) is 4. The van der Waals surface area contributed by atoms with E-state index in [1.165, 1.54) is 18.3 Å². The molecule has 1 aromatic carbocycles. The molecule has 2 bridgehead atoms. The zero-order chi connectivity index (χ0) is 28.3. The molecule has 3 fully saturated rings. The Labute approximate surface area is 232 Å². The molecule has 0 radical (unpaired) electrons. The van der Waals surface area contributed by atoms with Gasteiger partial charge in [-0.1, -0.05) is 17.3 Å². The van der Waals surface area contributed by atoms with Crippen LogP contribution in [0, 0.1) is 0 Å². The zero-order valence-corrected chi connectivity index (χ0v) is 21.9. The smallest absolute Gasteiger partial charge is 0.477 e. The number of carboxylic acid groups (broad SMARTS) is 1. The van der Waals surface area contributed by atoms with Gasteiger partial charge >= 0.3 is 12.3 Å². The molecular formula is C29H27F3N4O5. The largest absolute Gasteiger partial charge is 0.573 e. The number of rotatable bonds is 8. The van der Waals surface area contributed by atoms with Gasteiger partial charge in [-0.3, -0.25) is 4.40 Å². The van der Waals surface area contributed by atoms with Crippen molar-refractivity contribution in [3.8, 4) is 17.0 Å². The van der Waals surface area contributed by atoms with E-state index in [4.69, 9.17) is 9.26 Å². The fraction of sp³-hybridized carbons (Fsp3) is 0.414. The molecule has 9 nitrogen and oxygen atoms in total. The van der Waals surface area contributed by atoms with Crippen molar-refractivity contribution in [3.63, 3.8) is 0 Å². The average molecular weight is 569 g/mol. The van der Waals surface area contributed by atoms with Crippen LogP contribution in [0.2, 0.25) is 0 Å². The Morgan fingerprint density at radius 3 is 2.56 bits per heavy atom. The number of piperidine rings is 1. The predicted octanol–water partition coefficient (Wildman–Crippen LogP) is 6.18. The third kappa shape index (κ3) is 4.90. The van der Waals surface area contributed by atoms with Gasteiger partial charge in [-0.05, 0) is 56.7 Å². The van der Waals surface area contributed by atoms with Crippen LogP contribution in [0.25, 0.3) is 16.9 Å². The molecule has 41 heavy (non-hydrogen) atoms. The minimum Gasteiger partial charge on any atom is -0.477 e. The van der Waals surface area contributed by atoms with Gasteiger partial charge in [-0.25, -0.2) is 9.78 Å². The highest BCUT2D eigenvalue weighted by atomic mass is 19.4. The number of fused-ring (bicyclic) bond motifs is 3. The second-order valence-corrected chi connectivity index (χ2v) is 11.0. The topological polar surface area (TPSA) is 102 Å². The van der Waals surface area contributed by atoms with Crippen LogP contribution in [0.5, 0.6) is 5.75 Å². The van der Waals surface area contributed by atoms with E-state index in [-0.39, 0.29) is 47.7 Å². The van der Waals surface area contributed by atoms with Crippen LogP contribution >= 0.6 is 0 Å². The van der Waals surface area contributed by atoms with Crippen LogP contribution in [-0.4, -0.2) is 50.2 Å². The molecule has 12 heteroatoms. The number of aromatic carboxylic acids is 1. The Balaban J connectivity index is 1.09.